The van der Waals surface area contributed by atoms with Gasteiger partial charge in [-0.1, -0.05) is 6.92 Å². The number of aromatic nitrogens is 1. The van der Waals surface area contributed by atoms with Crippen molar-refractivity contribution in [1.82, 2.24) is 4.98 Å². The molecule has 0 atom stereocenters. The number of non-ortho nitro benzene ring substituents is 1. The molecule has 0 spiro atoms. The molecule has 0 saturated heterocycles. The lowest BCUT2D eigenvalue weighted by atomic mass is 10.1. The molecule has 2 rings (SSSR count). The van der Waals surface area contributed by atoms with Gasteiger partial charge in [-0.15, -0.1) is 0 Å². The Morgan fingerprint density at radius 1 is 1.33 bits per heavy atom. The number of pyridine rings is 1. The Morgan fingerprint density at radius 2 is 2.04 bits per heavy atom. The van der Waals surface area contributed by atoms with E-state index in [2.05, 4.69) is 4.98 Å². The van der Waals surface area contributed by atoms with Gasteiger partial charge in [-0.3, -0.25) is 19.7 Å². The first-order valence-electron chi connectivity index (χ1n) is 7.23. The average Bonchev–Trinajstić information content (AvgIpc) is 2.53. The number of nitrogens with zero attached hydrogens (tertiary/aromatic N) is 1. The molecule has 1 heterocycles. The average molecular weight is 332 g/mol. The van der Waals surface area contributed by atoms with Gasteiger partial charge in [0.05, 0.1) is 16.2 Å². The molecule has 8 heteroatoms. The Hall–Kier alpha value is -3.16. The number of carbonyl (C=O) groups is 1. The number of aromatic amines is 1. The van der Waals surface area contributed by atoms with Crippen molar-refractivity contribution in [2.45, 2.75) is 27.2 Å². The van der Waals surface area contributed by atoms with Gasteiger partial charge < -0.3 is 14.5 Å². The number of benzene rings is 1. The number of nitro benzene ring substituents is 1. The van der Waals surface area contributed by atoms with E-state index in [9.17, 15) is 19.7 Å². The maximum atomic E-state index is 12.2. The van der Waals surface area contributed by atoms with Crippen molar-refractivity contribution in [1.29, 1.82) is 0 Å². The number of allylic oxidation sites excluding steroid dienone is 2. The van der Waals surface area contributed by atoms with Crippen LogP contribution in [0.4, 0.5) is 5.69 Å². The van der Waals surface area contributed by atoms with Crippen LogP contribution < -0.4 is 15.0 Å². The Bertz CT molecular complexity index is 897. The second-order valence-electron chi connectivity index (χ2n) is 4.90. The molecule has 24 heavy (non-hydrogen) atoms. The summed E-state index contributed by atoms with van der Waals surface area (Å²) >= 11 is 0. The molecule has 0 unspecified atom stereocenters. The third-order valence-corrected chi connectivity index (χ3v) is 3.27. The fourth-order valence-corrected chi connectivity index (χ4v) is 2.16. The van der Waals surface area contributed by atoms with Gasteiger partial charge >= 0.3 is 5.97 Å². The molecule has 0 radical (unpaired) electrons. The molecule has 1 aromatic carbocycles. The minimum absolute atomic E-state index is 0.0498. The number of H-pyrrole nitrogens is 1. The van der Waals surface area contributed by atoms with E-state index in [-0.39, 0.29) is 22.7 Å². The van der Waals surface area contributed by atoms with E-state index in [1.54, 1.807) is 13.0 Å². The molecule has 2 aromatic rings. The molecule has 1 aromatic heterocycles. The molecule has 0 saturated carbocycles. The summed E-state index contributed by atoms with van der Waals surface area (Å²) in [5, 5.41) is 11.3. The van der Waals surface area contributed by atoms with Gasteiger partial charge in [-0.05, 0) is 19.1 Å². The standard InChI is InChI=1S/C16H16N2O6/c1-4-11(5-2)24-14-12-7-6-10(18(21)22)8-13(12)17-16(20)15(14)23-9(3)19/h4,6-8H,5H2,1-3H3,(H,17,20). The molecule has 126 valence electrons. The van der Waals surface area contributed by atoms with Crippen molar-refractivity contribution >= 4 is 22.6 Å². The monoisotopic (exact) mass is 332 g/mol. The van der Waals surface area contributed by atoms with E-state index in [0.29, 0.717) is 17.6 Å². The zero-order chi connectivity index (χ0) is 17.9. The van der Waals surface area contributed by atoms with Gasteiger partial charge in [0.2, 0.25) is 5.75 Å². The van der Waals surface area contributed by atoms with Crippen LogP contribution in [0.1, 0.15) is 27.2 Å². The summed E-state index contributed by atoms with van der Waals surface area (Å²) in [4.78, 5) is 36.3. The predicted octanol–water partition coefficient (Wildman–Crippen LogP) is 3.05. The summed E-state index contributed by atoms with van der Waals surface area (Å²) in [6, 6.07) is 3.95. The zero-order valence-electron chi connectivity index (χ0n) is 13.4. The fraction of sp³-hybridized carbons (Fsp3) is 0.250. The lowest BCUT2D eigenvalue weighted by molar-refractivity contribution is -0.384. The molecular weight excluding hydrogens is 316 g/mol. The topological polar surface area (TPSA) is 112 Å². The number of esters is 1. The normalized spacial score (nSPS) is 11.4. The van der Waals surface area contributed by atoms with Crippen molar-refractivity contribution in [2.24, 2.45) is 0 Å². The van der Waals surface area contributed by atoms with E-state index in [0.717, 1.165) is 0 Å². The minimum Gasteiger partial charge on any atom is -0.457 e. The van der Waals surface area contributed by atoms with Crippen molar-refractivity contribution in [3.05, 3.63) is 50.5 Å². The van der Waals surface area contributed by atoms with Crippen LogP contribution in [-0.4, -0.2) is 15.9 Å². The molecule has 0 amide bonds. The molecular formula is C16H16N2O6. The number of ether oxygens (including phenoxy) is 2. The molecule has 0 aliphatic rings. The van der Waals surface area contributed by atoms with Crippen LogP contribution in [0.2, 0.25) is 0 Å². The molecule has 8 nitrogen and oxygen atoms in total. The van der Waals surface area contributed by atoms with Crippen molar-refractivity contribution in [3.8, 4) is 11.5 Å². The number of hydrogen-bond acceptors (Lipinski definition) is 6. The number of rotatable bonds is 5. The SMILES string of the molecule is CC=C(CC)Oc1c(OC(C)=O)c(=O)[nH]c2cc([N+](=O)[O-])ccc12. The Labute approximate surface area is 136 Å². The number of hydrogen-bond donors (Lipinski definition) is 1. The van der Waals surface area contributed by atoms with Gasteiger partial charge in [0.15, 0.2) is 5.75 Å². The van der Waals surface area contributed by atoms with Crippen LogP contribution in [0, 0.1) is 10.1 Å². The first kappa shape index (κ1) is 17.2. The Morgan fingerprint density at radius 3 is 2.58 bits per heavy atom. The third kappa shape index (κ3) is 3.43. The molecule has 0 aliphatic heterocycles. The number of nitrogens with one attached hydrogen (secondary N) is 1. The lowest BCUT2D eigenvalue weighted by Crippen LogP contribution is -2.16. The number of nitro groups is 1. The predicted molar refractivity (Wildman–Crippen MR) is 87.2 cm³/mol. The molecule has 0 fully saturated rings. The van der Waals surface area contributed by atoms with Crippen LogP contribution in [0.15, 0.2) is 34.8 Å². The quantitative estimate of drug-likeness (QED) is 0.390. The van der Waals surface area contributed by atoms with Gasteiger partial charge in [0.1, 0.15) is 0 Å². The van der Waals surface area contributed by atoms with Gasteiger partial charge in [-0.25, -0.2) is 0 Å². The van der Waals surface area contributed by atoms with Crippen LogP contribution in [0.3, 0.4) is 0 Å². The van der Waals surface area contributed by atoms with Gasteiger partial charge in [-0.2, -0.15) is 0 Å². The highest BCUT2D eigenvalue weighted by Gasteiger charge is 2.20. The largest absolute Gasteiger partial charge is 0.457 e. The van der Waals surface area contributed by atoms with E-state index in [1.807, 2.05) is 6.92 Å². The van der Waals surface area contributed by atoms with Crippen LogP contribution in [0.25, 0.3) is 10.9 Å². The molecule has 1 N–H and O–H groups in total. The van der Waals surface area contributed by atoms with E-state index in [1.165, 1.54) is 25.1 Å². The highest BCUT2D eigenvalue weighted by atomic mass is 16.6. The zero-order valence-corrected chi connectivity index (χ0v) is 13.4. The van der Waals surface area contributed by atoms with Crippen LogP contribution >= 0.6 is 0 Å². The summed E-state index contributed by atoms with van der Waals surface area (Å²) in [6.45, 7) is 4.80. The lowest BCUT2D eigenvalue weighted by Gasteiger charge is -2.14. The first-order valence-corrected chi connectivity index (χ1v) is 7.23. The van der Waals surface area contributed by atoms with Gasteiger partial charge in [0.25, 0.3) is 11.2 Å². The summed E-state index contributed by atoms with van der Waals surface area (Å²) in [6.07, 6.45) is 2.27. The summed E-state index contributed by atoms with van der Waals surface area (Å²) in [5.41, 5.74) is -0.669. The minimum atomic E-state index is -0.709. The van der Waals surface area contributed by atoms with Crippen LogP contribution in [0.5, 0.6) is 11.5 Å². The van der Waals surface area contributed by atoms with Crippen molar-refractivity contribution in [3.63, 3.8) is 0 Å². The second-order valence-corrected chi connectivity index (χ2v) is 4.90. The highest BCUT2D eigenvalue weighted by Crippen LogP contribution is 2.35. The number of fused-ring (bicyclic) bond motifs is 1. The van der Waals surface area contributed by atoms with Gasteiger partial charge in [0, 0.05) is 30.9 Å². The highest BCUT2D eigenvalue weighted by molar-refractivity contribution is 5.90. The molecule has 0 bridgehead atoms. The summed E-state index contributed by atoms with van der Waals surface area (Å²) < 4.78 is 10.7. The van der Waals surface area contributed by atoms with E-state index < -0.39 is 16.5 Å². The Balaban J connectivity index is 2.77. The Kier molecular flexibility index (Phi) is 4.98. The van der Waals surface area contributed by atoms with Crippen molar-refractivity contribution < 1.29 is 19.2 Å². The fourth-order valence-electron chi connectivity index (χ4n) is 2.16. The number of carbonyl (C=O) groups excluding carboxylic acids is 1. The first-order chi connectivity index (χ1) is 11.4. The maximum absolute atomic E-state index is 12.2. The second kappa shape index (κ2) is 6.95. The van der Waals surface area contributed by atoms with E-state index >= 15 is 0 Å². The summed E-state index contributed by atoms with van der Waals surface area (Å²) in [5.74, 6) is -0.343. The maximum Gasteiger partial charge on any atom is 0.308 e. The van der Waals surface area contributed by atoms with E-state index in [4.69, 9.17) is 9.47 Å². The van der Waals surface area contributed by atoms with Crippen molar-refractivity contribution in [2.75, 3.05) is 0 Å². The molecule has 0 aliphatic carbocycles. The summed E-state index contributed by atoms with van der Waals surface area (Å²) in [7, 11) is 0. The smallest absolute Gasteiger partial charge is 0.308 e. The third-order valence-electron chi connectivity index (χ3n) is 3.27. The van der Waals surface area contributed by atoms with Crippen LogP contribution in [-0.2, 0) is 4.79 Å².